The molecule has 0 saturated heterocycles. The molecule has 1 rings (SSSR count). The molecule has 18 heteroatoms. The minimum Gasteiger partial charge on any atom is -0.508 e. The van der Waals surface area contributed by atoms with Crippen LogP contribution in [-0.4, -0.2) is 98.5 Å². The third-order valence-corrected chi connectivity index (χ3v) is 13.3. The van der Waals surface area contributed by atoms with Crippen LogP contribution in [-0.2, 0) is 50.0 Å². The predicted octanol–water partition coefficient (Wildman–Crippen LogP) is 4.68. The monoisotopic (exact) mass is 964 g/mol. The maximum atomic E-state index is 14.0. The highest BCUT2D eigenvalue weighted by molar-refractivity contribution is 7.89. The average Bonchev–Trinajstić information content (AvgIpc) is 3.28. The Balaban J connectivity index is 2.88. The fraction of sp³-hybridized carbons (Fsp3) is 0.735. The van der Waals surface area contributed by atoms with Crippen molar-refractivity contribution in [2.75, 3.05) is 31.9 Å². The molecular weight excluding hydrogens is 879 g/mol. The van der Waals surface area contributed by atoms with Crippen LogP contribution in [0, 0.1) is 11.8 Å². The van der Waals surface area contributed by atoms with Crippen LogP contribution in [0.2, 0.25) is 0 Å². The molecule has 1 aromatic rings. The quantitative estimate of drug-likeness (QED) is 0.0414. The number of nitrogens with two attached hydrogens (primary N) is 3. The van der Waals surface area contributed by atoms with Crippen LogP contribution >= 0.6 is 0 Å². The van der Waals surface area contributed by atoms with Gasteiger partial charge in [0.15, 0.2) is 17.3 Å². The number of carbonyl (C=O) groups excluding carboxylic acids is 7. The molecule has 0 radical (unpaired) electrons. The van der Waals surface area contributed by atoms with Crippen molar-refractivity contribution >= 4 is 51.0 Å². The number of rotatable bonds is 43. The van der Waals surface area contributed by atoms with E-state index >= 15 is 0 Å². The van der Waals surface area contributed by atoms with Crippen molar-refractivity contribution in [3.63, 3.8) is 0 Å². The molecule has 0 heterocycles. The Morgan fingerprint density at radius 1 is 0.627 bits per heavy atom. The zero-order valence-corrected chi connectivity index (χ0v) is 41.4. The normalized spacial score (nSPS) is 13.3. The van der Waals surface area contributed by atoms with E-state index in [9.17, 15) is 47.1 Å². The van der Waals surface area contributed by atoms with E-state index in [2.05, 4.69) is 27.6 Å². The topological polar surface area (TPSA) is 300 Å². The summed E-state index contributed by atoms with van der Waals surface area (Å²) in [4.78, 5) is 91.7. The molecule has 17 nitrogen and oxygen atoms in total. The second-order valence-corrected chi connectivity index (χ2v) is 19.9. The van der Waals surface area contributed by atoms with Crippen molar-refractivity contribution in [2.45, 2.75) is 186 Å². The lowest BCUT2D eigenvalue weighted by molar-refractivity contribution is -0.135. The minimum absolute atomic E-state index is 0.0116. The standard InChI is InChI=1S/C49H85N7O10S/c1-3-4-5-6-7-8-9-10-11-12-13-14-15-20-31-67(65,66)54-36-47(62)53-35-42(59)33-40(32-38-23-25-41(58)26-24-38)49(64)56-44(27-28-46(52)61)45(60)34-39(21-16-18-29-50)48(63)55-43(37(2)57)22-17-19-30-51/h23-26,39-40,43-44,54,58H,3-22,27-36,50-51H2,1-2H3,(H2,52,61)(H,53,62)(H,55,63)(H,56,64)/t39-,40-,43+,44+/m1/s1. The molecule has 0 fully saturated rings. The zero-order valence-electron chi connectivity index (χ0n) is 40.6. The number of carbonyl (C=O) groups is 7. The third-order valence-electron chi connectivity index (χ3n) is 11.9. The van der Waals surface area contributed by atoms with Crippen LogP contribution in [0.5, 0.6) is 5.75 Å². The first-order chi connectivity index (χ1) is 32.0. The first-order valence-corrected chi connectivity index (χ1v) is 26.5. The number of ketones is 3. The molecule has 11 N–H and O–H groups in total. The summed E-state index contributed by atoms with van der Waals surface area (Å²) in [7, 11) is -3.73. The van der Waals surface area contributed by atoms with E-state index in [1.165, 1.54) is 76.8 Å². The van der Waals surface area contributed by atoms with E-state index in [4.69, 9.17) is 17.2 Å². The Bertz CT molecular complexity index is 1730. The summed E-state index contributed by atoms with van der Waals surface area (Å²) in [6, 6.07) is 3.92. The van der Waals surface area contributed by atoms with Gasteiger partial charge >= 0.3 is 0 Å². The summed E-state index contributed by atoms with van der Waals surface area (Å²) >= 11 is 0. The highest BCUT2D eigenvalue weighted by Crippen LogP contribution is 2.21. The lowest BCUT2D eigenvalue weighted by atomic mass is 9.89. The molecule has 0 aliphatic carbocycles. The van der Waals surface area contributed by atoms with E-state index < -0.39 is 88.6 Å². The molecule has 67 heavy (non-hydrogen) atoms. The van der Waals surface area contributed by atoms with Crippen molar-refractivity contribution in [2.24, 2.45) is 29.0 Å². The summed E-state index contributed by atoms with van der Waals surface area (Å²) in [5.74, 6) is -6.14. The van der Waals surface area contributed by atoms with Crippen LogP contribution in [0.3, 0.4) is 0 Å². The number of primary amides is 1. The van der Waals surface area contributed by atoms with Crippen LogP contribution in [0.1, 0.15) is 174 Å². The van der Waals surface area contributed by atoms with Crippen molar-refractivity contribution in [1.29, 1.82) is 0 Å². The van der Waals surface area contributed by atoms with Crippen molar-refractivity contribution in [3.05, 3.63) is 29.8 Å². The van der Waals surface area contributed by atoms with Gasteiger partial charge in [-0.1, -0.05) is 109 Å². The molecular formula is C49H85N7O10S. The number of benzene rings is 1. The van der Waals surface area contributed by atoms with Crippen LogP contribution in [0.4, 0.5) is 0 Å². The number of hydrogen-bond acceptors (Lipinski definition) is 12. The number of phenolic OH excluding ortho intramolecular Hbond substituents is 1. The smallest absolute Gasteiger partial charge is 0.235 e. The van der Waals surface area contributed by atoms with Gasteiger partial charge in [0, 0.05) is 31.1 Å². The lowest BCUT2D eigenvalue weighted by Gasteiger charge is -2.25. The third kappa shape index (κ3) is 30.7. The molecule has 4 amide bonds. The number of sulfonamides is 1. The molecule has 0 bridgehead atoms. The molecule has 0 aromatic heterocycles. The summed E-state index contributed by atoms with van der Waals surface area (Å²) < 4.78 is 27.4. The molecule has 0 aliphatic rings. The fourth-order valence-corrected chi connectivity index (χ4v) is 8.89. The number of nitrogens with one attached hydrogen (secondary N) is 4. The van der Waals surface area contributed by atoms with Crippen LogP contribution in [0.25, 0.3) is 0 Å². The molecule has 0 unspecified atom stereocenters. The Morgan fingerprint density at radius 2 is 1.15 bits per heavy atom. The second kappa shape index (κ2) is 36.7. The van der Waals surface area contributed by atoms with Gasteiger partial charge in [0.25, 0.3) is 0 Å². The van der Waals surface area contributed by atoms with Gasteiger partial charge in [-0.05, 0) is 89.1 Å². The lowest BCUT2D eigenvalue weighted by Crippen LogP contribution is -2.47. The maximum absolute atomic E-state index is 14.0. The highest BCUT2D eigenvalue weighted by Gasteiger charge is 2.32. The van der Waals surface area contributed by atoms with Crippen molar-refractivity contribution in [1.82, 2.24) is 20.7 Å². The second-order valence-electron chi connectivity index (χ2n) is 18.0. The maximum Gasteiger partial charge on any atom is 0.235 e. The van der Waals surface area contributed by atoms with Gasteiger partial charge in [-0.15, -0.1) is 0 Å². The first-order valence-electron chi connectivity index (χ1n) is 24.9. The Labute approximate surface area is 400 Å². The zero-order chi connectivity index (χ0) is 49.9. The number of hydrogen-bond donors (Lipinski definition) is 8. The number of Topliss-reactive ketones (excluding diaryl/α,β-unsaturated/α-hetero) is 3. The van der Waals surface area contributed by atoms with Crippen LogP contribution in [0.15, 0.2) is 24.3 Å². The molecule has 4 atom stereocenters. The van der Waals surface area contributed by atoms with Gasteiger partial charge in [0.05, 0.1) is 30.9 Å². The van der Waals surface area contributed by atoms with Gasteiger partial charge in [-0.2, -0.15) is 0 Å². The number of unbranched alkanes of at least 4 members (excludes halogenated alkanes) is 15. The molecule has 0 spiro atoms. The van der Waals surface area contributed by atoms with Crippen LogP contribution < -0.4 is 37.9 Å². The highest BCUT2D eigenvalue weighted by atomic mass is 32.2. The summed E-state index contributed by atoms with van der Waals surface area (Å²) in [6.07, 6.45) is 17.7. The summed E-state index contributed by atoms with van der Waals surface area (Å²) in [5, 5.41) is 17.7. The van der Waals surface area contributed by atoms with E-state index in [-0.39, 0.29) is 49.4 Å². The fourth-order valence-electron chi connectivity index (χ4n) is 7.81. The van der Waals surface area contributed by atoms with E-state index in [0.29, 0.717) is 57.2 Å². The van der Waals surface area contributed by atoms with Gasteiger partial charge < -0.3 is 38.3 Å². The average molecular weight is 964 g/mol. The van der Waals surface area contributed by atoms with Gasteiger partial charge in [-0.25, -0.2) is 13.1 Å². The van der Waals surface area contributed by atoms with Gasteiger partial charge in [0.2, 0.25) is 33.7 Å². The van der Waals surface area contributed by atoms with Gasteiger partial charge in [0.1, 0.15) is 5.75 Å². The summed E-state index contributed by atoms with van der Waals surface area (Å²) in [5.41, 5.74) is 17.3. The largest absolute Gasteiger partial charge is 0.508 e. The number of phenols is 1. The molecule has 0 aliphatic heterocycles. The minimum atomic E-state index is -3.73. The van der Waals surface area contributed by atoms with Crippen molar-refractivity contribution in [3.8, 4) is 5.75 Å². The predicted molar refractivity (Wildman–Crippen MR) is 262 cm³/mol. The SMILES string of the molecule is CCCCCCCCCCCCCCCCS(=O)(=O)NCC(=O)NCC(=O)C[C@@H](Cc1ccc(O)cc1)C(=O)N[C@@H](CCC(N)=O)C(=O)C[C@@H](CCCCN)C(=O)N[C@@H](CCCCN)C(C)=O. The molecule has 1 aromatic carbocycles. The Kier molecular flexibility index (Phi) is 33.3. The number of aromatic hydroxyl groups is 1. The van der Waals surface area contributed by atoms with Gasteiger partial charge in [-0.3, -0.25) is 33.6 Å². The van der Waals surface area contributed by atoms with E-state index in [1.54, 1.807) is 12.1 Å². The Morgan fingerprint density at radius 3 is 1.69 bits per heavy atom. The van der Waals surface area contributed by atoms with E-state index in [1.807, 2.05) is 0 Å². The first kappa shape index (κ1) is 60.8. The number of amides is 4. The molecule has 382 valence electrons. The Hall–Kier alpha value is -4.26. The van der Waals surface area contributed by atoms with Crippen molar-refractivity contribution < 1.29 is 47.1 Å². The van der Waals surface area contributed by atoms with E-state index in [0.717, 1.165) is 25.7 Å². The summed E-state index contributed by atoms with van der Waals surface area (Å²) in [6.45, 7) is 3.31. The molecule has 0 saturated carbocycles.